The van der Waals surface area contributed by atoms with E-state index in [1.807, 2.05) is 35.8 Å². The Bertz CT molecular complexity index is 2710. The number of ether oxygens (including phenoxy) is 12. The van der Waals surface area contributed by atoms with Crippen LogP contribution in [0.1, 0.15) is 62.9 Å². The number of amides is 1. The number of thioether (sulfide) groups is 1. The van der Waals surface area contributed by atoms with Gasteiger partial charge < -0.3 is 87.7 Å². The molecule has 16 unspecified atom stereocenters. The Morgan fingerprint density at radius 3 is 2.27 bits per heavy atom. The zero-order valence-corrected chi connectivity index (χ0v) is 53.6. The Morgan fingerprint density at radius 1 is 0.881 bits per heavy atom. The molecule has 1 amide bonds. The van der Waals surface area contributed by atoms with Gasteiger partial charge in [-0.1, -0.05) is 70.0 Å². The molecule has 84 heavy (non-hydrogen) atoms. The van der Waals surface area contributed by atoms with E-state index in [9.17, 15) is 39.9 Å². The number of methoxy groups -OCH3 is 5. The van der Waals surface area contributed by atoms with E-state index in [4.69, 9.17) is 61.7 Å². The van der Waals surface area contributed by atoms with Gasteiger partial charge in [0.15, 0.2) is 41.8 Å². The minimum Gasteiger partial charge on any atom is -0.492 e. The highest BCUT2D eigenvalue weighted by atomic mass is 127. The van der Waals surface area contributed by atoms with E-state index in [1.54, 1.807) is 40.9 Å². The normalized spacial score (nSPS) is 35.9. The van der Waals surface area contributed by atoms with Crippen LogP contribution in [0.2, 0.25) is 0 Å². The zero-order chi connectivity index (χ0) is 61.2. The summed E-state index contributed by atoms with van der Waals surface area (Å²) in [5.74, 6) is 11.3. The number of aliphatic hydroxyl groups excluding tert-OH is 4. The number of allylic oxidation sites excluding steroid dienone is 3. The molecule has 29 heteroatoms. The molecule has 1 aromatic rings. The van der Waals surface area contributed by atoms with Crippen LogP contribution >= 0.6 is 65.8 Å². The molecule has 4 saturated heterocycles. The highest BCUT2D eigenvalue weighted by molar-refractivity contribution is 14.1. The van der Waals surface area contributed by atoms with Crippen molar-refractivity contribution in [2.75, 3.05) is 60.7 Å². The number of aliphatic hydroxyl groups is 5. The number of hydroxylamine groups is 1. The van der Waals surface area contributed by atoms with Crippen molar-refractivity contribution in [1.82, 2.24) is 16.1 Å². The first-order chi connectivity index (χ1) is 40.2. The summed E-state index contributed by atoms with van der Waals surface area (Å²) >= 11 is 2.83. The molecule has 4 fully saturated rings. The van der Waals surface area contributed by atoms with Crippen LogP contribution in [0.4, 0.5) is 4.79 Å². The topological polar surface area (TPSA) is 308 Å². The number of ketones is 1. The SMILES string of the molecule is CCNC1COC(OC2C(O[C@H]3C#C/C=C\C#C[C@]4(O)CC(=O)C(NC(=O)OC)=C3/C4=C\CSSSC)OC(C)C(NOC3CC(O)C(SC(=O)c4c(C)c(I)c(OC5OC(C)[C@@H](O)C(OC)C5O)c(OC)c4OC)C(C)O3)C2O)CC1OC. The molecule has 0 aromatic heterocycles. The van der Waals surface area contributed by atoms with Crippen molar-refractivity contribution in [2.45, 2.75) is 169 Å². The Hall–Kier alpha value is -2.94. The Kier molecular flexibility index (Phi) is 25.7. The van der Waals surface area contributed by atoms with E-state index < -0.39 is 127 Å². The van der Waals surface area contributed by atoms with E-state index in [0.29, 0.717) is 21.4 Å². The highest BCUT2D eigenvalue weighted by Gasteiger charge is 2.52. The molecule has 2 bridgehead atoms. The highest BCUT2D eigenvalue weighted by Crippen LogP contribution is 2.49. The van der Waals surface area contributed by atoms with E-state index >= 15 is 0 Å². The smallest absolute Gasteiger partial charge is 0.411 e. The number of Topliss-reactive ketones (excluding diaryl/α,β-unsaturated/α-hetero) is 1. The number of fused-ring (bicyclic) bond motifs is 2. The van der Waals surface area contributed by atoms with Gasteiger partial charge in [-0.2, -0.15) is 5.48 Å². The fourth-order valence-corrected chi connectivity index (χ4v) is 14.7. The van der Waals surface area contributed by atoms with Gasteiger partial charge in [-0.3, -0.25) is 19.7 Å². The lowest BCUT2D eigenvalue weighted by molar-refractivity contribution is -0.336. The molecule has 0 saturated carbocycles. The van der Waals surface area contributed by atoms with Crippen molar-refractivity contribution in [1.29, 1.82) is 0 Å². The number of benzene rings is 1. The summed E-state index contributed by atoms with van der Waals surface area (Å²) in [6, 6.07) is -1.27. The van der Waals surface area contributed by atoms with Gasteiger partial charge in [0.1, 0.15) is 36.6 Å². The second-order valence-electron chi connectivity index (χ2n) is 20.1. The van der Waals surface area contributed by atoms with Crippen molar-refractivity contribution in [3.05, 3.63) is 49.8 Å². The number of likely N-dealkylation sites (N-methyl/N-ethyl adjacent to an activating group) is 1. The number of hydrogen-bond acceptors (Lipinski definition) is 27. The van der Waals surface area contributed by atoms with Crippen LogP contribution in [0, 0.1) is 34.2 Å². The maximum atomic E-state index is 14.4. The summed E-state index contributed by atoms with van der Waals surface area (Å²) in [7, 11) is 11.3. The molecule has 24 nitrogen and oxygen atoms in total. The van der Waals surface area contributed by atoms with E-state index in [-0.39, 0.29) is 71.2 Å². The second-order valence-corrected chi connectivity index (χ2v) is 26.7. The lowest BCUT2D eigenvalue weighted by Gasteiger charge is -2.46. The lowest BCUT2D eigenvalue weighted by atomic mass is 9.75. The number of alkyl carbamates (subject to hydrolysis) is 1. The van der Waals surface area contributed by atoms with Gasteiger partial charge >= 0.3 is 6.09 Å². The summed E-state index contributed by atoms with van der Waals surface area (Å²) in [5, 5.41) is 62.7. The average molecular weight is 1370 g/mol. The Morgan fingerprint density at radius 2 is 1.61 bits per heavy atom. The van der Waals surface area contributed by atoms with Crippen LogP contribution < -0.4 is 30.3 Å². The van der Waals surface area contributed by atoms with E-state index in [2.05, 4.69) is 39.8 Å². The van der Waals surface area contributed by atoms with Crippen molar-refractivity contribution in [3.8, 4) is 40.9 Å². The lowest BCUT2D eigenvalue weighted by Crippen LogP contribution is -2.65. The van der Waals surface area contributed by atoms with Crippen LogP contribution in [-0.4, -0.2) is 218 Å². The summed E-state index contributed by atoms with van der Waals surface area (Å²) in [5.41, 5.74) is 1.30. The van der Waals surface area contributed by atoms with Gasteiger partial charge in [0.2, 0.25) is 17.2 Å². The molecule has 4 aliphatic heterocycles. The van der Waals surface area contributed by atoms with Crippen LogP contribution in [0.5, 0.6) is 17.2 Å². The largest absolute Gasteiger partial charge is 0.492 e. The third-order valence-corrected chi connectivity index (χ3v) is 21.2. The maximum absolute atomic E-state index is 14.4. The number of nitrogens with one attached hydrogen (secondary N) is 3. The molecular weight excluding hydrogens is 1290 g/mol. The first-order valence-electron chi connectivity index (χ1n) is 26.9. The summed E-state index contributed by atoms with van der Waals surface area (Å²) in [6.07, 6.45) is -11.9. The van der Waals surface area contributed by atoms with Gasteiger partial charge in [0, 0.05) is 44.0 Å². The molecular formula is C55H74IN3O21S4. The van der Waals surface area contributed by atoms with Crippen LogP contribution in [0.15, 0.2) is 35.1 Å². The van der Waals surface area contributed by atoms with Crippen LogP contribution in [-0.2, 0) is 52.3 Å². The second kappa shape index (κ2) is 31.5. The van der Waals surface area contributed by atoms with Gasteiger partial charge in [-0.05, 0) is 90.6 Å². The van der Waals surface area contributed by atoms with E-state index in [0.717, 1.165) is 18.9 Å². The number of halogens is 1. The predicted octanol–water partition coefficient (Wildman–Crippen LogP) is 3.20. The Labute approximate surface area is 517 Å². The monoisotopic (exact) mass is 1370 g/mol. The minimum absolute atomic E-state index is 0.0155. The number of hydrogen-bond donors (Lipinski definition) is 8. The maximum Gasteiger partial charge on any atom is 0.411 e. The Balaban J connectivity index is 1.12. The molecule has 4 heterocycles. The van der Waals surface area contributed by atoms with Crippen molar-refractivity contribution < 1.29 is 102 Å². The molecule has 1 aromatic carbocycles. The standard InChI is InChI=1S/C55H74IN3O21S4/c1-12-57-30-24-73-35(22-34(30)68-6)78-48-43(63)40(26(3)75-53(48)77-33-17-15-13-14-16-19-55(67)23-32(61)41(58-54(66)72-10)38(33)29(55)18-20-82-84-81-11)59-80-36-21-31(60)50(28(5)74-36)83-51(65)37-25(2)39(56)46(49(71-9)45(37)69-7)79-52-44(64)47(70-8)42(62)27(4)76-52/h13-14,18,26-28,30-31,33-36,40,42-44,47-48,50,52-53,57,59-60,62-64,67H,12,20-24H2,1-11H3,(H,58,66)/b14-13-,29-18+/t26?,27?,28?,30?,31?,33-,34?,35?,36?,40?,42+,43?,44?,47?,48?,50?,52?,53?,55-/m0/s1. The van der Waals surface area contributed by atoms with Crippen molar-refractivity contribution >= 4 is 82.8 Å². The number of rotatable bonds is 22. The molecule has 7 rings (SSSR count). The van der Waals surface area contributed by atoms with Gasteiger partial charge in [0.25, 0.3) is 0 Å². The third kappa shape index (κ3) is 15.7. The molecule has 2 aliphatic carbocycles. The number of carbonyl (C=O) groups is 3. The minimum atomic E-state index is -2.05. The van der Waals surface area contributed by atoms with Gasteiger partial charge in [-0.15, -0.1) is 0 Å². The fourth-order valence-electron chi connectivity index (χ4n) is 10.5. The van der Waals surface area contributed by atoms with E-state index in [1.165, 1.54) is 64.9 Å². The zero-order valence-electron chi connectivity index (χ0n) is 48.1. The molecule has 6 aliphatic rings. The molecule has 8 N–H and O–H groups in total. The first-order valence-corrected chi connectivity index (χ1v) is 32.9. The quantitative estimate of drug-likeness (QED) is 0.0272. The van der Waals surface area contributed by atoms with Gasteiger partial charge in [-0.25, -0.2) is 4.79 Å². The summed E-state index contributed by atoms with van der Waals surface area (Å²) < 4.78 is 72.5. The average Bonchev–Trinajstić information content (AvgIpc) is 1.36. The van der Waals surface area contributed by atoms with Crippen molar-refractivity contribution in [2.24, 2.45) is 0 Å². The number of carbonyl (C=O) groups excluding carboxylic acids is 3. The third-order valence-electron chi connectivity index (χ3n) is 14.8. The molecule has 0 spiro atoms. The fraction of sp³-hybridized carbons (Fsp3) is 0.655. The summed E-state index contributed by atoms with van der Waals surface area (Å²) in [4.78, 5) is 47.5. The molecule has 19 atom stereocenters. The molecule has 466 valence electrons. The van der Waals surface area contributed by atoms with Gasteiger partial charge in [0.05, 0.1) is 97.0 Å². The summed E-state index contributed by atoms with van der Waals surface area (Å²) in [6.45, 7) is 9.41. The van der Waals surface area contributed by atoms with Crippen molar-refractivity contribution in [3.63, 3.8) is 0 Å². The van der Waals surface area contributed by atoms with Crippen LogP contribution in [0.3, 0.4) is 0 Å². The van der Waals surface area contributed by atoms with Crippen LogP contribution in [0.25, 0.3) is 0 Å². The first kappa shape index (κ1) is 68.5. The molecule has 0 radical (unpaired) electrons. The predicted molar refractivity (Wildman–Crippen MR) is 320 cm³/mol.